The third-order valence-corrected chi connectivity index (χ3v) is 11.5. The minimum atomic E-state index is 0.362. The van der Waals surface area contributed by atoms with Gasteiger partial charge in [-0.1, -0.05) is 122 Å². The fraction of sp³-hybridized carbons (Fsp3) is 0.0400. The number of hydrogen-bond acceptors (Lipinski definition) is 4. The van der Waals surface area contributed by atoms with Crippen molar-refractivity contribution in [1.29, 1.82) is 0 Å². The van der Waals surface area contributed by atoms with Gasteiger partial charge in [0.2, 0.25) is 0 Å². The first kappa shape index (κ1) is 33.5. The number of nitrogens with two attached hydrogens (primary N) is 1. The lowest BCUT2D eigenvalue weighted by Crippen LogP contribution is -2.17. The Morgan fingerprint density at radius 1 is 0.625 bits per heavy atom. The van der Waals surface area contributed by atoms with Crippen LogP contribution in [0.2, 0.25) is 0 Å². The highest BCUT2D eigenvalue weighted by Gasteiger charge is 2.20. The fourth-order valence-corrected chi connectivity index (χ4v) is 8.96. The Labute approximate surface area is 327 Å². The van der Waals surface area contributed by atoms with E-state index in [1.165, 1.54) is 25.6 Å². The van der Waals surface area contributed by atoms with Crippen LogP contribution in [0.3, 0.4) is 0 Å². The van der Waals surface area contributed by atoms with E-state index < -0.39 is 0 Å². The molecule has 0 aliphatic heterocycles. The summed E-state index contributed by atoms with van der Waals surface area (Å²) in [6.07, 6.45) is 6.21. The van der Waals surface area contributed by atoms with E-state index in [0.717, 1.165) is 71.9 Å². The number of allylic oxidation sites excluding steroid dienone is 2. The molecule has 2 N–H and O–H groups in total. The smallest absolute Gasteiger partial charge is 0.158 e. The Balaban J connectivity index is 1.17. The number of thiophene rings is 1. The molecule has 0 saturated heterocycles. The lowest BCUT2D eigenvalue weighted by Gasteiger charge is -2.11. The molecule has 3 aromatic heterocycles. The standard InChI is InChI=1S/C50H35N3O2S/c1-2-3-19-43-39(35-15-6-9-20-41(35)54-43)27-32-28-40(47-36-16-7-10-21-42(36)55-44(47)29-32)49(51)53-50(52-30-31-24-25-33-13-4-5-14-34(33)26-31)38-18-12-23-46-48(38)37-17-8-11-22-45(37)56-46/h2-26,28-29H,1,27,30H2,(H2,51,52,53)/b19-3-. The van der Waals surface area contributed by atoms with Gasteiger partial charge in [0.05, 0.1) is 6.54 Å². The van der Waals surface area contributed by atoms with Crippen molar-refractivity contribution >= 4 is 92.9 Å². The second-order valence-corrected chi connectivity index (χ2v) is 15.0. The highest BCUT2D eigenvalue weighted by Crippen LogP contribution is 2.38. The van der Waals surface area contributed by atoms with Crippen LogP contribution >= 0.6 is 11.3 Å². The van der Waals surface area contributed by atoms with Crippen molar-refractivity contribution < 1.29 is 8.83 Å². The van der Waals surface area contributed by atoms with Crippen LogP contribution in [0, 0.1) is 0 Å². The van der Waals surface area contributed by atoms with E-state index in [-0.39, 0.29) is 0 Å². The van der Waals surface area contributed by atoms with Crippen molar-refractivity contribution in [3.8, 4) is 0 Å². The summed E-state index contributed by atoms with van der Waals surface area (Å²) in [4.78, 5) is 10.5. The highest BCUT2D eigenvalue weighted by molar-refractivity contribution is 7.25. The van der Waals surface area contributed by atoms with E-state index in [2.05, 4.69) is 116 Å². The van der Waals surface area contributed by atoms with Crippen molar-refractivity contribution in [2.45, 2.75) is 13.0 Å². The first-order valence-corrected chi connectivity index (χ1v) is 19.4. The average molecular weight is 742 g/mol. The number of aliphatic imine (C=N–C) groups is 2. The molecule has 7 aromatic carbocycles. The quantitative estimate of drug-likeness (QED) is 0.0957. The van der Waals surface area contributed by atoms with E-state index >= 15 is 0 Å². The fourth-order valence-electron chi connectivity index (χ4n) is 7.83. The molecule has 6 heteroatoms. The number of rotatable bonds is 8. The summed E-state index contributed by atoms with van der Waals surface area (Å²) in [5, 5.41) is 7.63. The van der Waals surface area contributed by atoms with Crippen LogP contribution in [-0.4, -0.2) is 11.7 Å². The van der Waals surface area contributed by atoms with Gasteiger partial charge in [-0.3, -0.25) is 4.99 Å². The number of amidine groups is 2. The molecule has 0 amide bonds. The van der Waals surface area contributed by atoms with Crippen LogP contribution in [0.25, 0.3) is 69.9 Å². The van der Waals surface area contributed by atoms with E-state index in [9.17, 15) is 0 Å². The molecule has 0 bridgehead atoms. The van der Waals surface area contributed by atoms with Crippen molar-refractivity contribution in [2.24, 2.45) is 15.7 Å². The maximum Gasteiger partial charge on any atom is 0.158 e. The molecule has 0 aliphatic carbocycles. The monoisotopic (exact) mass is 741 g/mol. The molecular formula is C50H35N3O2S. The zero-order valence-electron chi connectivity index (χ0n) is 30.4. The van der Waals surface area contributed by atoms with Gasteiger partial charge in [0.25, 0.3) is 0 Å². The second kappa shape index (κ2) is 14.0. The summed E-state index contributed by atoms with van der Waals surface area (Å²) in [6, 6.07) is 50.2. The second-order valence-electron chi connectivity index (χ2n) is 13.9. The van der Waals surface area contributed by atoms with Crippen molar-refractivity contribution in [3.05, 3.63) is 198 Å². The van der Waals surface area contributed by atoms with E-state index in [4.69, 9.17) is 24.6 Å². The predicted octanol–water partition coefficient (Wildman–Crippen LogP) is 13.0. The van der Waals surface area contributed by atoms with Crippen LogP contribution in [0.1, 0.15) is 33.6 Å². The summed E-state index contributed by atoms with van der Waals surface area (Å²) < 4.78 is 15.2. The van der Waals surface area contributed by atoms with E-state index in [1.807, 2.05) is 48.6 Å². The number of benzene rings is 7. The summed E-state index contributed by atoms with van der Waals surface area (Å²) in [6.45, 7) is 4.31. The maximum atomic E-state index is 7.24. The van der Waals surface area contributed by atoms with Gasteiger partial charge >= 0.3 is 0 Å². The van der Waals surface area contributed by atoms with Crippen molar-refractivity contribution in [2.75, 3.05) is 0 Å². The third kappa shape index (κ3) is 5.97. The molecule has 10 aromatic rings. The Morgan fingerprint density at radius 3 is 2.21 bits per heavy atom. The van der Waals surface area contributed by atoms with Crippen LogP contribution in [0.5, 0.6) is 0 Å². The lowest BCUT2D eigenvalue weighted by atomic mass is 9.96. The Kier molecular flexibility index (Phi) is 8.38. The van der Waals surface area contributed by atoms with E-state index in [0.29, 0.717) is 24.6 Å². The maximum absolute atomic E-state index is 7.24. The zero-order valence-corrected chi connectivity index (χ0v) is 31.2. The van der Waals surface area contributed by atoms with Crippen LogP contribution in [0.15, 0.2) is 183 Å². The highest BCUT2D eigenvalue weighted by atomic mass is 32.1. The van der Waals surface area contributed by atoms with Crippen LogP contribution < -0.4 is 5.73 Å². The Morgan fingerprint density at radius 2 is 1.36 bits per heavy atom. The first-order valence-electron chi connectivity index (χ1n) is 18.6. The Hall–Kier alpha value is -7.02. The van der Waals surface area contributed by atoms with Gasteiger partial charge in [-0.05, 0) is 70.4 Å². The zero-order chi connectivity index (χ0) is 37.6. The topological polar surface area (TPSA) is 77.0 Å². The summed E-state index contributed by atoms with van der Waals surface area (Å²) >= 11 is 1.77. The molecule has 10 rings (SSSR count). The molecule has 0 unspecified atom stereocenters. The molecule has 0 radical (unpaired) electrons. The van der Waals surface area contributed by atoms with Crippen molar-refractivity contribution in [3.63, 3.8) is 0 Å². The van der Waals surface area contributed by atoms with Crippen LogP contribution in [0.4, 0.5) is 0 Å². The predicted molar refractivity (Wildman–Crippen MR) is 236 cm³/mol. The minimum Gasteiger partial charge on any atom is -0.456 e. The number of para-hydroxylation sites is 2. The minimum absolute atomic E-state index is 0.362. The molecule has 3 heterocycles. The molecule has 5 nitrogen and oxygen atoms in total. The number of furan rings is 2. The molecule has 0 saturated carbocycles. The van der Waals surface area contributed by atoms with Gasteiger partial charge in [-0.25, -0.2) is 4.99 Å². The van der Waals surface area contributed by atoms with Gasteiger partial charge in [0.1, 0.15) is 28.3 Å². The molecule has 0 spiro atoms. The van der Waals surface area contributed by atoms with Gasteiger partial charge in [-0.15, -0.1) is 11.3 Å². The summed E-state index contributed by atoms with van der Waals surface area (Å²) in [5.41, 5.74) is 14.5. The van der Waals surface area contributed by atoms with Crippen LogP contribution in [-0.2, 0) is 13.0 Å². The average Bonchev–Trinajstić information content (AvgIpc) is 3.92. The van der Waals surface area contributed by atoms with Crippen molar-refractivity contribution in [1.82, 2.24) is 0 Å². The molecule has 56 heavy (non-hydrogen) atoms. The van der Waals surface area contributed by atoms with Gasteiger partial charge in [0.15, 0.2) is 5.84 Å². The summed E-state index contributed by atoms with van der Waals surface area (Å²) in [7, 11) is 0. The van der Waals surface area contributed by atoms with Gasteiger partial charge < -0.3 is 14.6 Å². The molecular weight excluding hydrogens is 707 g/mol. The first-order chi connectivity index (χ1) is 27.6. The third-order valence-electron chi connectivity index (χ3n) is 10.4. The lowest BCUT2D eigenvalue weighted by molar-refractivity contribution is 0.599. The van der Waals surface area contributed by atoms with E-state index in [1.54, 1.807) is 17.4 Å². The summed E-state index contributed by atoms with van der Waals surface area (Å²) in [5.74, 6) is 1.73. The largest absolute Gasteiger partial charge is 0.456 e. The SMILES string of the molecule is C=C/C=C\c1oc2ccccc2c1Cc1cc(/C(N)=N/C(=N\Cc2ccc3ccccc3c2)c2cccc3sc4ccccc4c23)c2c(c1)oc1ccccc12. The molecule has 0 atom stereocenters. The molecule has 0 fully saturated rings. The number of nitrogens with zero attached hydrogens (tertiary/aromatic N) is 2. The molecule has 268 valence electrons. The van der Waals surface area contributed by atoms with Gasteiger partial charge in [-0.2, -0.15) is 0 Å². The molecule has 0 aliphatic rings. The number of hydrogen-bond donors (Lipinski definition) is 1. The van der Waals surface area contributed by atoms with Gasteiger partial charge in [0, 0.05) is 59.4 Å². The normalized spacial score (nSPS) is 12.7. The number of fused-ring (bicyclic) bond motifs is 8. The Bertz CT molecular complexity index is 3250.